The molecule has 0 saturated heterocycles. The van der Waals surface area contributed by atoms with Crippen LogP contribution in [0.1, 0.15) is 0 Å². The van der Waals surface area contributed by atoms with E-state index in [1.165, 1.54) is 23.0 Å². The summed E-state index contributed by atoms with van der Waals surface area (Å²) in [6.45, 7) is 0. The summed E-state index contributed by atoms with van der Waals surface area (Å²) >= 11 is 5.93. The number of carbonyl (C=O) groups excluding carboxylic acids is 1. The maximum absolute atomic E-state index is 10.9. The van der Waals surface area contributed by atoms with E-state index >= 15 is 0 Å². The molecule has 86 valence electrons. The molecule has 0 saturated carbocycles. The van der Waals surface area contributed by atoms with E-state index in [0.717, 1.165) is 0 Å². The number of hydrogen-bond acceptors (Lipinski definition) is 3. The molecule has 0 aliphatic heterocycles. The molecule has 6 heteroatoms. The Morgan fingerprint density at radius 3 is 2.53 bits per heavy atom. The van der Waals surface area contributed by atoms with E-state index in [-0.39, 0.29) is 5.69 Å². The molecule has 1 heterocycles. The normalized spacial score (nSPS) is 10.2. The lowest BCUT2D eigenvalue weighted by molar-refractivity contribution is -0.384. The van der Waals surface area contributed by atoms with Gasteiger partial charge in [0, 0.05) is 24.0 Å². The number of nitrogens with zero attached hydrogens (tertiary/aromatic N) is 2. The largest absolute Gasteiger partial charge is 0.295 e. The van der Waals surface area contributed by atoms with Crippen molar-refractivity contribution < 1.29 is 9.72 Å². The number of halogens is 1. The summed E-state index contributed by atoms with van der Waals surface area (Å²) in [6.07, 6.45) is 3.43. The molecule has 0 radical (unpaired) electrons. The standard InChI is InChI=1S/C11H7ClN2O3/c12-10-6-13(7-15)5-9(10)8-3-1-2-4-11(8)14(16)17/h1-7H. The summed E-state index contributed by atoms with van der Waals surface area (Å²) < 4.78 is 1.22. The van der Waals surface area contributed by atoms with Crippen molar-refractivity contribution in [2.45, 2.75) is 0 Å². The Bertz CT molecular complexity index is 592. The predicted molar refractivity (Wildman–Crippen MR) is 63.7 cm³/mol. The van der Waals surface area contributed by atoms with Gasteiger partial charge in [0.15, 0.2) is 0 Å². The summed E-state index contributed by atoms with van der Waals surface area (Å²) in [5.41, 5.74) is 0.812. The van der Waals surface area contributed by atoms with Crippen molar-refractivity contribution in [2.24, 2.45) is 0 Å². The van der Waals surface area contributed by atoms with E-state index in [1.807, 2.05) is 0 Å². The summed E-state index contributed by atoms with van der Waals surface area (Å²) in [6, 6.07) is 6.24. The van der Waals surface area contributed by atoms with Gasteiger partial charge in [0.2, 0.25) is 6.41 Å². The third-order valence-corrected chi connectivity index (χ3v) is 2.61. The van der Waals surface area contributed by atoms with Gasteiger partial charge < -0.3 is 0 Å². The van der Waals surface area contributed by atoms with E-state index in [2.05, 4.69) is 0 Å². The zero-order valence-electron chi connectivity index (χ0n) is 8.54. The van der Waals surface area contributed by atoms with E-state index in [0.29, 0.717) is 22.6 Å². The van der Waals surface area contributed by atoms with Crippen molar-refractivity contribution in [3.63, 3.8) is 0 Å². The SMILES string of the molecule is O=Cn1cc(Cl)c(-c2ccccc2[N+](=O)[O-])c1. The molecule has 2 aromatic rings. The predicted octanol–water partition coefficient (Wildman–Crippen LogP) is 2.76. The second kappa shape index (κ2) is 4.39. The quantitative estimate of drug-likeness (QED) is 0.478. The first-order valence-electron chi connectivity index (χ1n) is 4.69. The van der Waals surface area contributed by atoms with E-state index in [9.17, 15) is 14.9 Å². The number of para-hydroxylation sites is 1. The second-order valence-electron chi connectivity index (χ2n) is 3.35. The first-order valence-corrected chi connectivity index (χ1v) is 5.07. The van der Waals surface area contributed by atoms with E-state index < -0.39 is 4.92 Å². The smallest absolute Gasteiger partial charge is 0.277 e. The van der Waals surface area contributed by atoms with Crippen LogP contribution in [0.15, 0.2) is 36.7 Å². The lowest BCUT2D eigenvalue weighted by Gasteiger charge is -2.00. The van der Waals surface area contributed by atoms with Crippen LogP contribution in [0.4, 0.5) is 5.69 Å². The highest BCUT2D eigenvalue weighted by atomic mass is 35.5. The van der Waals surface area contributed by atoms with Crippen molar-refractivity contribution in [3.05, 3.63) is 51.8 Å². The summed E-state index contributed by atoms with van der Waals surface area (Å²) in [5.74, 6) is 0. The number of benzene rings is 1. The maximum Gasteiger partial charge on any atom is 0.277 e. The van der Waals surface area contributed by atoms with Crippen molar-refractivity contribution in [1.82, 2.24) is 4.57 Å². The molecular formula is C11H7ClN2O3. The van der Waals surface area contributed by atoms with Crippen LogP contribution >= 0.6 is 11.6 Å². The fourth-order valence-electron chi connectivity index (χ4n) is 1.57. The number of rotatable bonds is 3. The lowest BCUT2D eigenvalue weighted by atomic mass is 10.1. The molecule has 1 aromatic heterocycles. The average molecular weight is 251 g/mol. The van der Waals surface area contributed by atoms with Gasteiger partial charge in [-0.1, -0.05) is 23.7 Å². The Kier molecular flexibility index (Phi) is 2.93. The topological polar surface area (TPSA) is 65.1 Å². The Morgan fingerprint density at radius 1 is 1.24 bits per heavy atom. The van der Waals surface area contributed by atoms with Crippen LogP contribution in [0.5, 0.6) is 0 Å². The Hall–Kier alpha value is -2.14. The maximum atomic E-state index is 10.9. The molecule has 5 nitrogen and oxygen atoms in total. The molecule has 0 aliphatic carbocycles. The van der Waals surface area contributed by atoms with Gasteiger partial charge in [0.05, 0.1) is 15.5 Å². The molecule has 0 amide bonds. The third kappa shape index (κ3) is 2.05. The zero-order chi connectivity index (χ0) is 12.4. The highest BCUT2D eigenvalue weighted by Crippen LogP contribution is 2.34. The number of hydrogen-bond donors (Lipinski definition) is 0. The van der Waals surface area contributed by atoms with Crippen LogP contribution in [0, 0.1) is 10.1 Å². The molecule has 0 aliphatic rings. The summed E-state index contributed by atoms with van der Waals surface area (Å²) in [7, 11) is 0. The van der Waals surface area contributed by atoms with Gasteiger partial charge in [-0.25, -0.2) is 0 Å². The van der Waals surface area contributed by atoms with Crippen LogP contribution in [-0.4, -0.2) is 15.9 Å². The van der Waals surface area contributed by atoms with Crippen LogP contribution < -0.4 is 0 Å². The lowest BCUT2D eigenvalue weighted by Crippen LogP contribution is -1.91. The van der Waals surface area contributed by atoms with Gasteiger partial charge >= 0.3 is 0 Å². The number of nitro groups is 1. The first-order chi connectivity index (χ1) is 8.13. The monoisotopic (exact) mass is 250 g/mol. The van der Waals surface area contributed by atoms with Crippen LogP contribution in [0.3, 0.4) is 0 Å². The summed E-state index contributed by atoms with van der Waals surface area (Å²) in [5, 5.41) is 11.2. The molecule has 2 rings (SSSR count). The van der Waals surface area contributed by atoms with Crippen molar-refractivity contribution in [1.29, 1.82) is 0 Å². The number of carbonyl (C=O) groups is 1. The van der Waals surface area contributed by atoms with Gasteiger partial charge in [-0.15, -0.1) is 0 Å². The van der Waals surface area contributed by atoms with E-state index in [4.69, 9.17) is 11.6 Å². The minimum atomic E-state index is -0.482. The number of aromatic nitrogens is 1. The van der Waals surface area contributed by atoms with Gasteiger partial charge in [0.1, 0.15) is 0 Å². The first kappa shape index (κ1) is 11.3. The Morgan fingerprint density at radius 2 is 1.94 bits per heavy atom. The van der Waals surface area contributed by atoms with Gasteiger partial charge in [-0.2, -0.15) is 0 Å². The van der Waals surface area contributed by atoms with Gasteiger partial charge in [-0.05, 0) is 6.07 Å². The molecule has 0 bridgehead atoms. The molecule has 1 aromatic carbocycles. The molecule has 0 atom stereocenters. The van der Waals surface area contributed by atoms with Crippen molar-refractivity contribution >= 4 is 23.7 Å². The average Bonchev–Trinajstić information content (AvgIpc) is 2.70. The van der Waals surface area contributed by atoms with Crippen molar-refractivity contribution in [2.75, 3.05) is 0 Å². The molecule has 0 spiro atoms. The van der Waals surface area contributed by atoms with Crippen LogP contribution in [0.25, 0.3) is 11.1 Å². The fraction of sp³-hybridized carbons (Fsp3) is 0. The van der Waals surface area contributed by atoms with E-state index in [1.54, 1.807) is 18.2 Å². The molecular weight excluding hydrogens is 244 g/mol. The molecule has 0 fully saturated rings. The van der Waals surface area contributed by atoms with Crippen LogP contribution in [0.2, 0.25) is 5.02 Å². The highest BCUT2D eigenvalue weighted by molar-refractivity contribution is 6.33. The minimum Gasteiger partial charge on any atom is -0.295 e. The van der Waals surface area contributed by atoms with Gasteiger partial charge in [-0.3, -0.25) is 19.5 Å². The second-order valence-corrected chi connectivity index (χ2v) is 3.75. The third-order valence-electron chi connectivity index (χ3n) is 2.31. The van der Waals surface area contributed by atoms with Crippen LogP contribution in [-0.2, 0) is 4.79 Å². The summed E-state index contributed by atoms with van der Waals surface area (Å²) in [4.78, 5) is 21.0. The van der Waals surface area contributed by atoms with Gasteiger partial charge in [0.25, 0.3) is 5.69 Å². The fourth-order valence-corrected chi connectivity index (χ4v) is 1.83. The highest BCUT2D eigenvalue weighted by Gasteiger charge is 2.17. The zero-order valence-corrected chi connectivity index (χ0v) is 9.29. The molecule has 0 unspecified atom stereocenters. The molecule has 0 N–H and O–H groups in total. The molecule has 17 heavy (non-hydrogen) atoms. The Labute approximate surface area is 101 Å². The van der Waals surface area contributed by atoms with Crippen molar-refractivity contribution in [3.8, 4) is 11.1 Å². The Balaban J connectivity index is 2.63. The minimum absolute atomic E-state index is 0.0435. The number of nitro benzene ring substituents is 1.